The van der Waals surface area contributed by atoms with Gasteiger partial charge in [-0.2, -0.15) is 0 Å². The molecule has 0 spiro atoms. The Kier molecular flexibility index (Phi) is 4.20. The van der Waals surface area contributed by atoms with Gasteiger partial charge in [0.05, 0.1) is 22.3 Å². The first-order valence-corrected chi connectivity index (χ1v) is 8.07. The lowest BCUT2D eigenvalue weighted by Crippen LogP contribution is -2.40. The van der Waals surface area contributed by atoms with Gasteiger partial charge < -0.3 is 5.32 Å². The quantitative estimate of drug-likeness (QED) is 0.841. The maximum Gasteiger partial charge on any atom is 0.262 e. The van der Waals surface area contributed by atoms with Crippen LogP contribution < -0.4 is 5.32 Å². The molecule has 0 bridgehead atoms. The monoisotopic (exact) mass is 329 g/mol. The normalized spacial score (nSPS) is 13.3. The summed E-state index contributed by atoms with van der Waals surface area (Å²) in [5.74, 6) is -1.18. The van der Waals surface area contributed by atoms with Crippen LogP contribution in [0.25, 0.3) is 0 Å². The highest BCUT2D eigenvalue weighted by Crippen LogP contribution is 2.21. The van der Waals surface area contributed by atoms with Gasteiger partial charge in [0.25, 0.3) is 11.8 Å². The summed E-state index contributed by atoms with van der Waals surface area (Å²) in [7, 11) is 0. The number of thiazole rings is 1. The molecule has 0 saturated carbocycles. The van der Waals surface area contributed by atoms with Crippen LogP contribution in [0.4, 0.5) is 0 Å². The van der Waals surface area contributed by atoms with Crippen molar-refractivity contribution in [3.63, 3.8) is 0 Å². The van der Waals surface area contributed by atoms with Gasteiger partial charge in [-0.25, -0.2) is 4.98 Å². The second kappa shape index (κ2) is 6.29. The number of rotatable bonds is 5. The van der Waals surface area contributed by atoms with Gasteiger partial charge in [-0.15, -0.1) is 11.3 Å². The Labute approximate surface area is 137 Å². The molecule has 2 heterocycles. The van der Waals surface area contributed by atoms with Gasteiger partial charge in [0.1, 0.15) is 6.54 Å². The average molecular weight is 329 g/mol. The molecule has 1 aliphatic heterocycles. The molecule has 2 aromatic rings. The second-order valence-electron chi connectivity index (χ2n) is 5.20. The lowest BCUT2D eigenvalue weighted by molar-refractivity contribution is -0.121. The zero-order valence-corrected chi connectivity index (χ0v) is 13.4. The fourth-order valence-electron chi connectivity index (χ4n) is 2.46. The van der Waals surface area contributed by atoms with Crippen molar-refractivity contribution in [1.29, 1.82) is 0 Å². The van der Waals surface area contributed by atoms with E-state index in [1.807, 2.05) is 6.92 Å². The summed E-state index contributed by atoms with van der Waals surface area (Å²) in [6.07, 6.45) is 0.685. The first kappa shape index (κ1) is 15.4. The summed E-state index contributed by atoms with van der Waals surface area (Å²) in [4.78, 5) is 42.6. The minimum atomic E-state index is -0.418. The van der Waals surface area contributed by atoms with Gasteiger partial charge in [-0.05, 0) is 19.1 Å². The number of amides is 3. The number of aromatic nitrogens is 1. The summed E-state index contributed by atoms with van der Waals surface area (Å²) in [5, 5.41) is 2.74. The van der Waals surface area contributed by atoms with Crippen molar-refractivity contribution >= 4 is 29.1 Å². The largest absolute Gasteiger partial charge is 0.354 e. The van der Waals surface area contributed by atoms with Gasteiger partial charge >= 0.3 is 0 Å². The third-order valence-electron chi connectivity index (χ3n) is 3.70. The molecule has 3 rings (SSSR count). The maximum absolute atomic E-state index is 12.2. The van der Waals surface area contributed by atoms with Crippen molar-refractivity contribution in [2.75, 3.05) is 13.1 Å². The first-order chi connectivity index (χ1) is 11.1. The van der Waals surface area contributed by atoms with Crippen LogP contribution >= 0.6 is 11.3 Å². The smallest absolute Gasteiger partial charge is 0.262 e. The summed E-state index contributed by atoms with van der Waals surface area (Å²) in [6.45, 7) is 2.12. The van der Waals surface area contributed by atoms with Crippen LogP contribution in [0.5, 0.6) is 0 Å². The molecular formula is C16H15N3O3S. The minimum absolute atomic E-state index is 0.256. The maximum atomic E-state index is 12.2. The van der Waals surface area contributed by atoms with Crippen LogP contribution in [-0.4, -0.2) is 40.7 Å². The van der Waals surface area contributed by atoms with Crippen LogP contribution in [0, 0.1) is 6.92 Å². The van der Waals surface area contributed by atoms with Gasteiger partial charge in [0.15, 0.2) is 0 Å². The Morgan fingerprint density at radius 3 is 2.43 bits per heavy atom. The van der Waals surface area contributed by atoms with Gasteiger partial charge in [-0.1, -0.05) is 12.1 Å². The van der Waals surface area contributed by atoms with E-state index in [1.54, 1.807) is 41.1 Å². The number of imide groups is 1. The van der Waals surface area contributed by atoms with Crippen LogP contribution in [0.2, 0.25) is 0 Å². The first-order valence-electron chi connectivity index (χ1n) is 7.19. The molecule has 0 unspecified atom stereocenters. The van der Waals surface area contributed by atoms with E-state index < -0.39 is 11.8 Å². The van der Waals surface area contributed by atoms with E-state index >= 15 is 0 Å². The van der Waals surface area contributed by atoms with Gasteiger partial charge in [0, 0.05) is 17.8 Å². The molecule has 0 radical (unpaired) electrons. The number of nitrogens with zero attached hydrogens (tertiary/aromatic N) is 2. The third-order valence-corrected chi connectivity index (χ3v) is 4.69. The number of hydrogen-bond donors (Lipinski definition) is 1. The fraction of sp³-hybridized carbons (Fsp3) is 0.250. The van der Waals surface area contributed by atoms with E-state index in [0.29, 0.717) is 24.1 Å². The van der Waals surface area contributed by atoms with Crippen LogP contribution in [-0.2, 0) is 11.2 Å². The molecule has 23 heavy (non-hydrogen) atoms. The van der Waals surface area contributed by atoms with Crippen molar-refractivity contribution in [3.8, 4) is 0 Å². The summed E-state index contributed by atoms with van der Waals surface area (Å²) >= 11 is 1.55. The Balaban J connectivity index is 1.56. The minimum Gasteiger partial charge on any atom is -0.354 e. The number of carbonyl (C=O) groups excluding carboxylic acids is 3. The molecule has 7 heteroatoms. The number of nitrogens with one attached hydrogen (secondary N) is 1. The predicted octanol–water partition coefficient (Wildman–Crippen LogP) is 1.41. The van der Waals surface area contributed by atoms with Crippen molar-refractivity contribution in [2.24, 2.45) is 0 Å². The van der Waals surface area contributed by atoms with Crippen molar-refractivity contribution in [2.45, 2.75) is 13.3 Å². The predicted molar refractivity (Wildman–Crippen MR) is 85.4 cm³/mol. The molecule has 1 N–H and O–H groups in total. The van der Waals surface area contributed by atoms with Crippen LogP contribution in [0.1, 0.15) is 31.3 Å². The number of fused-ring (bicyclic) bond motifs is 1. The lowest BCUT2D eigenvalue weighted by atomic mass is 10.1. The van der Waals surface area contributed by atoms with E-state index in [0.717, 1.165) is 15.5 Å². The summed E-state index contributed by atoms with van der Waals surface area (Å²) in [6, 6.07) is 6.59. The fourth-order valence-corrected chi connectivity index (χ4v) is 3.25. The van der Waals surface area contributed by atoms with Gasteiger partial charge in [0.2, 0.25) is 5.91 Å². The Hall–Kier alpha value is -2.54. The Morgan fingerprint density at radius 1 is 1.22 bits per heavy atom. The molecule has 0 saturated heterocycles. The molecular weight excluding hydrogens is 314 g/mol. The second-order valence-corrected chi connectivity index (χ2v) is 6.14. The van der Waals surface area contributed by atoms with Crippen molar-refractivity contribution in [1.82, 2.24) is 15.2 Å². The molecule has 1 aromatic carbocycles. The molecule has 6 nitrogen and oxygen atoms in total. The third kappa shape index (κ3) is 3.00. The van der Waals surface area contributed by atoms with Crippen LogP contribution in [0.3, 0.4) is 0 Å². The number of hydrogen-bond acceptors (Lipinski definition) is 5. The standard InChI is InChI=1S/C16H15N3O3S/c1-10-13(23-9-18-10)6-7-17-14(20)8-19-15(21)11-4-2-3-5-12(11)16(19)22/h2-5,9H,6-8H2,1H3,(H,17,20). The molecule has 0 fully saturated rings. The Morgan fingerprint density at radius 2 is 1.87 bits per heavy atom. The van der Waals surface area contributed by atoms with E-state index in [4.69, 9.17) is 0 Å². The zero-order chi connectivity index (χ0) is 16.4. The highest BCUT2D eigenvalue weighted by atomic mass is 32.1. The highest BCUT2D eigenvalue weighted by molar-refractivity contribution is 7.09. The molecule has 0 aliphatic carbocycles. The van der Waals surface area contributed by atoms with Crippen molar-refractivity contribution < 1.29 is 14.4 Å². The van der Waals surface area contributed by atoms with E-state index in [9.17, 15) is 14.4 Å². The highest BCUT2D eigenvalue weighted by Gasteiger charge is 2.36. The average Bonchev–Trinajstić information content (AvgIpc) is 3.05. The van der Waals surface area contributed by atoms with Gasteiger partial charge in [-0.3, -0.25) is 19.3 Å². The summed E-state index contributed by atoms with van der Waals surface area (Å²) in [5.41, 5.74) is 3.44. The molecule has 118 valence electrons. The van der Waals surface area contributed by atoms with E-state index in [2.05, 4.69) is 10.3 Å². The Bertz CT molecular complexity index is 749. The molecule has 3 amide bonds. The van der Waals surface area contributed by atoms with E-state index in [-0.39, 0.29) is 12.5 Å². The SMILES string of the molecule is Cc1ncsc1CCNC(=O)CN1C(=O)c2ccccc2C1=O. The molecule has 1 aliphatic rings. The summed E-state index contributed by atoms with van der Waals surface area (Å²) < 4.78 is 0. The lowest BCUT2D eigenvalue weighted by Gasteiger charge is -2.13. The zero-order valence-electron chi connectivity index (χ0n) is 12.5. The van der Waals surface area contributed by atoms with Crippen molar-refractivity contribution in [3.05, 3.63) is 51.5 Å². The molecule has 0 atom stereocenters. The van der Waals surface area contributed by atoms with Crippen LogP contribution in [0.15, 0.2) is 29.8 Å². The number of carbonyl (C=O) groups is 3. The van der Waals surface area contributed by atoms with E-state index in [1.165, 1.54) is 0 Å². The topological polar surface area (TPSA) is 79.4 Å². The number of aryl methyl sites for hydroxylation is 1. The molecule has 1 aromatic heterocycles. The number of benzene rings is 1.